The number of nitrogens with one attached hydrogen (secondary N) is 1. The van der Waals surface area contributed by atoms with Crippen molar-refractivity contribution in [2.75, 3.05) is 20.7 Å². The maximum atomic E-state index is 12.3. The second-order valence-corrected chi connectivity index (χ2v) is 7.02. The Morgan fingerprint density at radius 1 is 1.07 bits per heavy atom. The van der Waals surface area contributed by atoms with Crippen molar-refractivity contribution < 1.29 is 13.9 Å². The molecule has 0 aliphatic rings. The van der Waals surface area contributed by atoms with Crippen LogP contribution in [0.15, 0.2) is 71.3 Å². The Morgan fingerprint density at radius 3 is 2.54 bits per heavy atom. The van der Waals surface area contributed by atoms with Gasteiger partial charge in [0, 0.05) is 12.1 Å². The maximum absolute atomic E-state index is 12.3. The molecule has 0 aliphatic heterocycles. The third-order valence-corrected chi connectivity index (χ3v) is 4.36. The first kappa shape index (κ1) is 19.7. The van der Waals surface area contributed by atoms with Gasteiger partial charge in [0.1, 0.15) is 11.5 Å². The lowest BCUT2D eigenvalue weighted by molar-refractivity contribution is -0.123. The fraction of sp³-hybridized carbons (Fsp3) is 0.261. The average Bonchev–Trinajstić information content (AvgIpc) is 3.22. The average molecular weight is 378 g/mol. The van der Waals surface area contributed by atoms with Gasteiger partial charge >= 0.3 is 0 Å². The van der Waals surface area contributed by atoms with Crippen molar-refractivity contribution in [3.8, 4) is 16.9 Å². The molecule has 0 unspecified atom stereocenters. The smallest absolute Gasteiger partial charge is 0.258 e. The van der Waals surface area contributed by atoms with Crippen molar-refractivity contribution in [1.29, 1.82) is 0 Å². The van der Waals surface area contributed by atoms with Gasteiger partial charge in [0.2, 0.25) is 0 Å². The molecule has 146 valence electrons. The Hall–Kier alpha value is -3.05. The van der Waals surface area contributed by atoms with Gasteiger partial charge in [-0.2, -0.15) is 0 Å². The molecule has 5 nitrogen and oxygen atoms in total. The molecule has 1 amide bonds. The largest absolute Gasteiger partial charge is 0.483 e. The van der Waals surface area contributed by atoms with Crippen LogP contribution < -0.4 is 10.1 Å². The van der Waals surface area contributed by atoms with Crippen LogP contribution >= 0.6 is 0 Å². The van der Waals surface area contributed by atoms with Gasteiger partial charge in [-0.3, -0.25) is 4.79 Å². The van der Waals surface area contributed by atoms with E-state index in [1.54, 1.807) is 12.3 Å². The predicted octanol–water partition coefficient (Wildman–Crippen LogP) is 4.26. The van der Waals surface area contributed by atoms with E-state index in [0.29, 0.717) is 11.5 Å². The number of ether oxygens (including phenoxy) is 1. The SMILES string of the molecule is C[C@H](NC(=O)COc1ccc(-c2ccccc2)cc1CN(C)C)c1ccco1. The van der Waals surface area contributed by atoms with Gasteiger partial charge in [-0.15, -0.1) is 0 Å². The normalized spacial score (nSPS) is 12.0. The van der Waals surface area contributed by atoms with E-state index in [1.807, 2.05) is 57.4 Å². The van der Waals surface area contributed by atoms with Crippen molar-refractivity contribution in [3.63, 3.8) is 0 Å². The standard InChI is InChI=1S/C23H26N2O3/c1-17(21-10-7-13-27-21)24-23(26)16-28-22-12-11-19(14-20(22)15-25(2)3)18-8-5-4-6-9-18/h4-14,17H,15-16H2,1-3H3,(H,24,26)/t17-/m0/s1. The second-order valence-electron chi connectivity index (χ2n) is 7.02. The summed E-state index contributed by atoms with van der Waals surface area (Å²) in [7, 11) is 4.02. The molecule has 3 aromatic rings. The van der Waals surface area contributed by atoms with E-state index < -0.39 is 0 Å². The van der Waals surface area contributed by atoms with Crippen LogP contribution in [0.25, 0.3) is 11.1 Å². The van der Waals surface area contributed by atoms with Gasteiger partial charge < -0.3 is 19.4 Å². The van der Waals surface area contributed by atoms with Gasteiger partial charge in [-0.1, -0.05) is 36.4 Å². The zero-order chi connectivity index (χ0) is 19.9. The van der Waals surface area contributed by atoms with Crippen LogP contribution in [0, 0.1) is 0 Å². The molecule has 1 aromatic heterocycles. The molecule has 0 aliphatic carbocycles. The van der Waals surface area contributed by atoms with Crippen molar-refractivity contribution in [1.82, 2.24) is 10.2 Å². The lowest BCUT2D eigenvalue weighted by Crippen LogP contribution is -2.31. The van der Waals surface area contributed by atoms with E-state index in [9.17, 15) is 4.79 Å². The molecule has 3 rings (SSSR count). The molecule has 2 aromatic carbocycles. The highest BCUT2D eigenvalue weighted by Crippen LogP contribution is 2.27. The lowest BCUT2D eigenvalue weighted by atomic mass is 10.0. The highest BCUT2D eigenvalue weighted by molar-refractivity contribution is 5.78. The molecule has 0 spiro atoms. The quantitative estimate of drug-likeness (QED) is 0.636. The van der Waals surface area contributed by atoms with Crippen molar-refractivity contribution >= 4 is 5.91 Å². The first-order valence-electron chi connectivity index (χ1n) is 9.31. The van der Waals surface area contributed by atoms with Crippen LogP contribution in [0.4, 0.5) is 0 Å². The van der Waals surface area contributed by atoms with Crippen LogP contribution in [-0.2, 0) is 11.3 Å². The van der Waals surface area contributed by atoms with Crippen LogP contribution in [0.3, 0.4) is 0 Å². The Bertz CT molecular complexity index is 889. The highest BCUT2D eigenvalue weighted by atomic mass is 16.5. The minimum absolute atomic E-state index is 0.0455. The number of carbonyl (C=O) groups is 1. The Balaban J connectivity index is 1.69. The number of carbonyl (C=O) groups excluding carboxylic acids is 1. The first-order chi connectivity index (χ1) is 13.5. The highest BCUT2D eigenvalue weighted by Gasteiger charge is 2.14. The molecule has 1 atom stereocenters. The predicted molar refractivity (Wildman–Crippen MR) is 110 cm³/mol. The van der Waals surface area contributed by atoms with Crippen molar-refractivity contribution in [3.05, 3.63) is 78.3 Å². The summed E-state index contributed by atoms with van der Waals surface area (Å²) >= 11 is 0. The number of rotatable bonds is 8. The third kappa shape index (κ3) is 5.24. The van der Waals surface area contributed by atoms with Crippen LogP contribution in [-0.4, -0.2) is 31.5 Å². The molecule has 5 heteroatoms. The van der Waals surface area contributed by atoms with E-state index in [0.717, 1.165) is 23.2 Å². The summed E-state index contributed by atoms with van der Waals surface area (Å²) in [6.07, 6.45) is 1.59. The molecule has 28 heavy (non-hydrogen) atoms. The summed E-state index contributed by atoms with van der Waals surface area (Å²) in [5.74, 6) is 1.25. The number of furan rings is 1. The lowest BCUT2D eigenvalue weighted by Gasteiger charge is -2.17. The van der Waals surface area contributed by atoms with E-state index in [4.69, 9.17) is 9.15 Å². The van der Waals surface area contributed by atoms with Crippen LogP contribution in [0.1, 0.15) is 24.3 Å². The molecule has 0 saturated heterocycles. The minimum Gasteiger partial charge on any atom is -0.483 e. The molecule has 0 saturated carbocycles. The Labute approximate surface area is 165 Å². The third-order valence-electron chi connectivity index (χ3n) is 4.36. The molecular formula is C23H26N2O3. The van der Waals surface area contributed by atoms with Gasteiger partial charge in [-0.25, -0.2) is 0 Å². The van der Waals surface area contributed by atoms with Gasteiger partial charge in [-0.05, 0) is 56.4 Å². The van der Waals surface area contributed by atoms with E-state index in [2.05, 4.69) is 28.4 Å². The number of benzene rings is 2. The van der Waals surface area contributed by atoms with Crippen LogP contribution in [0.2, 0.25) is 0 Å². The molecule has 0 bridgehead atoms. The van der Waals surface area contributed by atoms with Gasteiger partial charge in [0.15, 0.2) is 6.61 Å². The summed E-state index contributed by atoms with van der Waals surface area (Å²) in [5, 5.41) is 2.88. The number of hydrogen-bond donors (Lipinski definition) is 1. The Kier molecular flexibility index (Phi) is 6.50. The van der Waals surface area contributed by atoms with Crippen molar-refractivity contribution in [2.24, 2.45) is 0 Å². The molecule has 0 radical (unpaired) electrons. The van der Waals surface area contributed by atoms with Crippen molar-refractivity contribution in [2.45, 2.75) is 19.5 Å². The number of amides is 1. The maximum Gasteiger partial charge on any atom is 0.258 e. The number of hydrogen-bond acceptors (Lipinski definition) is 4. The summed E-state index contributed by atoms with van der Waals surface area (Å²) < 4.78 is 11.2. The number of nitrogens with zero attached hydrogens (tertiary/aromatic N) is 1. The summed E-state index contributed by atoms with van der Waals surface area (Å²) in [6, 6.07) is 19.7. The molecule has 1 N–H and O–H groups in total. The van der Waals surface area contributed by atoms with Gasteiger partial charge in [0.25, 0.3) is 5.91 Å². The van der Waals surface area contributed by atoms with E-state index in [-0.39, 0.29) is 18.6 Å². The topological polar surface area (TPSA) is 54.7 Å². The summed E-state index contributed by atoms with van der Waals surface area (Å²) in [4.78, 5) is 14.3. The zero-order valence-electron chi connectivity index (χ0n) is 16.5. The summed E-state index contributed by atoms with van der Waals surface area (Å²) in [6.45, 7) is 2.56. The monoisotopic (exact) mass is 378 g/mol. The molecule has 1 heterocycles. The Morgan fingerprint density at radius 2 is 1.86 bits per heavy atom. The minimum atomic E-state index is -0.201. The molecule has 0 fully saturated rings. The first-order valence-corrected chi connectivity index (χ1v) is 9.31. The van der Waals surface area contributed by atoms with Gasteiger partial charge in [0.05, 0.1) is 12.3 Å². The second kappa shape index (κ2) is 9.24. The zero-order valence-corrected chi connectivity index (χ0v) is 16.5. The van der Waals surface area contributed by atoms with E-state index >= 15 is 0 Å². The molecular weight excluding hydrogens is 352 g/mol. The van der Waals surface area contributed by atoms with E-state index in [1.165, 1.54) is 0 Å². The summed E-state index contributed by atoms with van der Waals surface area (Å²) in [5.41, 5.74) is 3.32. The fourth-order valence-electron chi connectivity index (χ4n) is 3.03. The fourth-order valence-corrected chi connectivity index (χ4v) is 3.03. The van der Waals surface area contributed by atoms with Crippen LogP contribution in [0.5, 0.6) is 5.75 Å².